The Morgan fingerprint density at radius 1 is 1.05 bits per heavy atom. The van der Waals surface area contributed by atoms with Crippen LogP contribution in [0.5, 0.6) is 0 Å². The number of carbonyl (C=O) groups is 1. The maximum Gasteiger partial charge on any atom is 0.147 e. The highest BCUT2D eigenvalue weighted by Crippen LogP contribution is 2.70. The fraction of sp³-hybridized carbons (Fsp3) is 0.941. The fourth-order valence-electron chi connectivity index (χ4n) is 6.69. The summed E-state index contributed by atoms with van der Waals surface area (Å²) in [5.41, 5.74) is 1.02. The van der Waals surface area contributed by atoms with Crippen LogP contribution >= 0.6 is 0 Å². The largest absolute Gasteiger partial charge is 0.300 e. The van der Waals surface area contributed by atoms with Crippen molar-refractivity contribution >= 4 is 15.6 Å². The van der Waals surface area contributed by atoms with Crippen molar-refractivity contribution in [2.75, 3.05) is 12.0 Å². The van der Waals surface area contributed by atoms with E-state index in [0.29, 0.717) is 17.3 Å². The second kappa shape index (κ2) is 4.56. The number of carbonyl (C=O) groups excluding carboxylic acids is 1. The smallest absolute Gasteiger partial charge is 0.147 e. The molecule has 0 heterocycles. The van der Waals surface area contributed by atoms with Gasteiger partial charge in [0.2, 0.25) is 0 Å². The van der Waals surface area contributed by atoms with Crippen LogP contribution in [0.2, 0.25) is 0 Å². The van der Waals surface area contributed by atoms with Crippen LogP contribution in [0.1, 0.15) is 65.2 Å². The van der Waals surface area contributed by atoms with Crippen molar-refractivity contribution in [1.29, 1.82) is 0 Å². The molecule has 0 N–H and O–H groups in total. The molecule has 120 valence electrons. The maximum atomic E-state index is 12.3. The third kappa shape index (κ3) is 3.20. The van der Waals surface area contributed by atoms with Crippen LogP contribution in [0, 0.1) is 22.2 Å². The summed E-state index contributed by atoms with van der Waals surface area (Å²) in [5.74, 6) is 0.966. The van der Waals surface area contributed by atoms with Crippen LogP contribution in [-0.4, -0.2) is 26.2 Å². The summed E-state index contributed by atoms with van der Waals surface area (Å²) >= 11 is 0. The van der Waals surface area contributed by atoms with E-state index in [4.69, 9.17) is 0 Å². The van der Waals surface area contributed by atoms with Gasteiger partial charge in [0.25, 0.3) is 0 Å². The highest BCUT2D eigenvalue weighted by molar-refractivity contribution is 7.90. The van der Waals surface area contributed by atoms with E-state index in [1.807, 2.05) is 0 Å². The first-order valence-electron chi connectivity index (χ1n) is 8.20. The molecule has 0 amide bonds. The van der Waals surface area contributed by atoms with E-state index in [1.54, 1.807) is 0 Å². The Kier molecular flexibility index (Phi) is 3.37. The van der Waals surface area contributed by atoms with Crippen molar-refractivity contribution in [3.63, 3.8) is 0 Å². The molecule has 3 nitrogen and oxygen atoms in total. The number of sulfone groups is 1. The van der Waals surface area contributed by atoms with Gasteiger partial charge in [-0.2, -0.15) is 0 Å². The average molecular weight is 312 g/mol. The van der Waals surface area contributed by atoms with Gasteiger partial charge >= 0.3 is 0 Å². The van der Waals surface area contributed by atoms with E-state index >= 15 is 0 Å². The van der Waals surface area contributed by atoms with E-state index in [2.05, 4.69) is 13.8 Å². The molecule has 4 saturated carbocycles. The summed E-state index contributed by atoms with van der Waals surface area (Å²) in [6.07, 6.45) is 9.58. The van der Waals surface area contributed by atoms with E-state index in [1.165, 1.54) is 44.8 Å². The van der Waals surface area contributed by atoms with Crippen molar-refractivity contribution in [2.24, 2.45) is 22.2 Å². The Balaban J connectivity index is 1.72. The summed E-state index contributed by atoms with van der Waals surface area (Å²) in [6, 6.07) is 0. The van der Waals surface area contributed by atoms with Gasteiger partial charge < -0.3 is 0 Å². The third-order valence-electron chi connectivity index (χ3n) is 6.07. The Labute approximate surface area is 128 Å². The minimum Gasteiger partial charge on any atom is -0.300 e. The Morgan fingerprint density at radius 3 is 2.10 bits per heavy atom. The first kappa shape index (κ1) is 15.5. The lowest BCUT2D eigenvalue weighted by Gasteiger charge is -2.65. The molecule has 4 aliphatic carbocycles. The normalized spacial score (nSPS) is 45.0. The number of Topliss-reactive ketones (excluding diaryl/α,β-unsaturated/α-hetero) is 1. The van der Waals surface area contributed by atoms with E-state index in [-0.39, 0.29) is 23.4 Å². The lowest BCUT2D eigenvalue weighted by Crippen LogP contribution is -2.55. The fourth-order valence-corrected chi connectivity index (χ4v) is 7.29. The zero-order valence-electron chi connectivity index (χ0n) is 13.6. The van der Waals surface area contributed by atoms with Crippen LogP contribution < -0.4 is 0 Å². The SMILES string of the molecule is CC12CC3CC(C)(C1)CC(CC(=O)CCS(C)(=O)=O)(C3)C2. The summed E-state index contributed by atoms with van der Waals surface area (Å²) in [4.78, 5) is 12.3. The first-order valence-corrected chi connectivity index (χ1v) is 10.3. The number of ketones is 1. The van der Waals surface area contributed by atoms with Crippen LogP contribution in [0.15, 0.2) is 0 Å². The molecule has 0 spiro atoms. The van der Waals surface area contributed by atoms with Crippen LogP contribution in [-0.2, 0) is 14.6 Å². The maximum absolute atomic E-state index is 12.3. The number of hydrogen-bond acceptors (Lipinski definition) is 3. The molecule has 0 aromatic rings. The van der Waals surface area contributed by atoms with Gasteiger partial charge in [-0.1, -0.05) is 13.8 Å². The van der Waals surface area contributed by atoms with Gasteiger partial charge in [-0.05, 0) is 60.7 Å². The minimum atomic E-state index is -3.03. The Hall–Kier alpha value is -0.380. The lowest BCUT2D eigenvalue weighted by molar-refractivity contribution is -0.154. The summed E-state index contributed by atoms with van der Waals surface area (Å²) in [6.45, 7) is 4.82. The molecule has 4 bridgehead atoms. The number of rotatable bonds is 5. The second-order valence-electron chi connectivity index (χ2n) is 9.23. The zero-order chi connectivity index (χ0) is 15.5. The minimum absolute atomic E-state index is 0.0138. The third-order valence-corrected chi connectivity index (χ3v) is 7.01. The summed E-state index contributed by atoms with van der Waals surface area (Å²) in [7, 11) is -3.03. The molecule has 4 aliphatic rings. The molecule has 4 fully saturated rings. The molecule has 4 heteroatoms. The van der Waals surface area contributed by atoms with Crippen LogP contribution in [0.4, 0.5) is 0 Å². The molecule has 0 radical (unpaired) electrons. The summed E-state index contributed by atoms with van der Waals surface area (Å²) < 4.78 is 22.5. The lowest BCUT2D eigenvalue weighted by atomic mass is 9.39. The predicted octanol–water partition coefficient (Wildman–Crippen LogP) is 3.38. The zero-order valence-corrected chi connectivity index (χ0v) is 14.4. The van der Waals surface area contributed by atoms with Gasteiger partial charge in [-0.15, -0.1) is 0 Å². The Morgan fingerprint density at radius 2 is 1.62 bits per heavy atom. The molecule has 0 aliphatic heterocycles. The molecule has 0 saturated heterocycles. The highest BCUT2D eigenvalue weighted by Gasteiger charge is 2.60. The molecule has 0 aromatic heterocycles. The van der Waals surface area contributed by atoms with Gasteiger partial charge in [0.05, 0.1) is 5.75 Å². The molecular formula is C17H28O3S. The van der Waals surface area contributed by atoms with Gasteiger partial charge in [-0.25, -0.2) is 8.42 Å². The Bertz CT molecular complexity index is 545. The van der Waals surface area contributed by atoms with Gasteiger partial charge in [0, 0.05) is 19.1 Å². The standard InChI is InChI=1S/C17H28O3S/c1-15-6-13-7-16(2,10-15)12-17(8-13,11-15)9-14(18)4-5-21(3,19)20/h13H,4-12H2,1-3H3. The van der Waals surface area contributed by atoms with Gasteiger partial charge in [0.15, 0.2) is 0 Å². The molecule has 0 aromatic carbocycles. The summed E-state index contributed by atoms with van der Waals surface area (Å²) in [5, 5.41) is 0. The average Bonchev–Trinajstić information content (AvgIpc) is 2.19. The molecule has 21 heavy (non-hydrogen) atoms. The van der Waals surface area contributed by atoms with E-state index < -0.39 is 9.84 Å². The molecule has 4 rings (SSSR count). The van der Waals surface area contributed by atoms with Crippen LogP contribution in [0.3, 0.4) is 0 Å². The second-order valence-corrected chi connectivity index (χ2v) is 11.5. The first-order chi connectivity index (χ1) is 9.51. The van der Waals surface area contributed by atoms with E-state index in [0.717, 1.165) is 5.92 Å². The number of hydrogen-bond donors (Lipinski definition) is 0. The monoisotopic (exact) mass is 312 g/mol. The van der Waals surface area contributed by atoms with Crippen LogP contribution in [0.25, 0.3) is 0 Å². The van der Waals surface area contributed by atoms with E-state index in [9.17, 15) is 13.2 Å². The van der Waals surface area contributed by atoms with Crippen molar-refractivity contribution in [3.8, 4) is 0 Å². The van der Waals surface area contributed by atoms with Gasteiger partial charge in [-0.3, -0.25) is 4.79 Å². The van der Waals surface area contributed by atoms with Gasteiger partial charge in [0.1, 0.15) is 15.6 Å². The van der Waals surface area contributed by atoms with Crippen molar-refractivity contribution < 1.29 is 13.2 Å². The predicted molar refractivity (Wildman–Crippen MR) is 83.8 cm³/mol. The van der Waals surface area contributed by atoms with Crippen molar-refractivity contribution in [1.82, 2.24) is 0 Å². The van der Waals surface area contributed by atoms with Crippen molar-refractivity contribution in [2.45, 2.75) is 65.2 Å². The molecule has 2 atom stereocenters. The molecule has 2 unspecified atom stereocenters. The topological polar surface area (TPSA) is 51.2 Å². The van der Waals surface area contributed by atoms with Crippen molar-refractivity contribution in [3.05, 3.63) is 0 Å². The quantitative estimate of drug-likeness (QED) is 0.782. The highest BCUT2D eigenvalue weighted by atomic mass is 32.2. The molecular weight excluding hydrogens is 284 g/mol.